The summed E-state index contributed by atoms with van der Waals surface area (Å²) >= 11 is 0. The van der Waals surface area contributed by atoms with E-state index in [-0.39, 0.29) is 17.5 Å². The molecule has 2 aromatic rings. The number of hydrogen-bond donors (Lipinski definition) is 2. The van der Waals surface area contributed by atoms with E-state index in [1.54, 1.807) is 0 Å². The van der Waals surface area contributed by atoms with Crippen molar-refractivity contribution in [3.63, 3.8) is 0 Å². The molecule has 3 atom stereocenters. The highest BCUT2D eigenvalue weighted by atomic mass is 16.2. The number of aromatic nitrogens is 2. The van der Waals surface area contributed by atoms with Crippen LogP contribution in [0.15, 0.2) is 30.6 Å². The maximum atomic E-state index is 12.4. The molecule has 24 heavy (non-hydrogen) atoms. The lowest BCUT2D eigenvalue weighted by atomic mass is 9.69. The molecule has 2 heterocycles. The van der Waals surface area contributed by atoms with E-state index in [2.05, 4.69) is 36.4 Å². The van der Waals surface area contributed by atoms with E-state index in [9.17, 15) is 4.79 Å². The van der Waals surface area contributed by atoms with Gasteiger partial charge in [0.1, 0.15) is 5.65 Å². The van der Waals surface area contributed by atoms with Crippen molar-refractivity contribution in [1.82, 2.24) is 20.0 Å². The Balaban J connectivity index is 1.37. The zero-order chi connectivity index (χ0) is 16.9. The van der Waals surface area contributed by atoms with Gasteiger partial charge in [-0.1, -0.05) is 26.8 Å². The third-order valence-electron chi connectivity index (χ3n) is 6.94. The normalized spacial score (nSPS) is 30.6. The number of carbonyl (C=O) groups excluding carboxylic acids is 1. The van der Waals surface area contributed by atoms with Crippen molar-refractivity contribution in [1.29, 1.82) is 0 Å². The zero-order valence-electron chi connectivity index (χ0n) is 14.7. The van der Waals surface area contributed by atoms with Crippen LogP contribution in [0, 0.1) is 16.7 Å². The summed E-state index contributed by atoms with van der Waals surface area (Å²) in [5, 5.41) is 6.19. The molecular weight excluding hydrogens is 300 g/mol. The summed E-state index contributed by atoms with van der Waals surface area (Å²) in [4.78, 5) is 16.9. The number of urea groups is 1. The van der Waals surface area contributed by atoms with Gasteiger partial charge in [-0.25, -0.2) is 9.78 Å². The highest BCUT2D eigenvalue weighted by molar-refractivity contribution is 5.74. The first-order chi connectivity index (χ1) is 11.4. The smallest absolute Gasteiger partial charge is 0.315 e. The average molecular weight is 326 g/mol. The SMILES string of the molecule is CC1(C)[C@H]2CC[C@@]1(C)[C@@H](NC(=O)NCc1cn3ccccc3n1)C2. The number of carbonyl (C=O) groups is 1. The van der Waals surface area contributed by atoms with Crippen molar-refractivity contribution < 1.29 is 4.79 Å². The maximum absolute atomic E-state index is 12.4. The van der Waals surface area contributed by atoms with Crippen LogP contribution in [0.4, 0.5) is 4.79 Å². The fourth-order valence-corrected chi connectivity index (χ4v) is 4.87. The summed E-state index contributed by atoms with van der Waals surface area (Å²) in [5.41, 5.74) is 2.29. The molecule has 128 valence electrons. The van der Waals surface area contributed by atoms with Crippen molar-refractivity contribution >= 4 is 11.7 Å². The number of rotatable bonds is 3. The van der Waals surface area contributed by atoms with Crippen LogP contribution in [0.3, 0.4) is 0 Å². The topological polar surface area (TPSA) is 58.4 Å². The summed E-state index contributed by atoms with van der Waals surface area (Å²) < 4.78 is 1.97. The number of nitrogens with zero attached hydrogens (tertiary/aromatic N) is 2. The number of pyridine rings is 1. The quantitative estimate of drug-likeness (QED) is 0.909. The third kappa shape index (κ3) is 2.21. The fraction of sp³-hybridized carbons (Fsp3) is 0.579. The van der Waals surface area contributed by atoms with Crippen LogP contribution in [0.1, 0.15) is 45.7 Å². The molecule has 0 spiro atoms. The van der Waals surface area contributed by atoms with Crippen molar-refractivity contribution in [2.24, 2.45) is 16.7 Å². The van der Waals surface area contributed by atoms with Crippen LogP contribution in [0.25, 0.3) is 5.65 Å². The summed E-state index contributed by atoms with van der Waals surface area (Å²) in [6.07, 6.45) is 7.53. The molecule has 0 unspecified atom stereocenters. The van der Waals surface area contributed by atoms with Crippen LogP contribution < -0.4 is 10.6 Å². The maximum Gasteiger partial charge on any atom is 0.315 e. The molecule has 0 aliphatic heterocycles. The molecular formula is C19H26N4O. The van der Waals surface area contributed by atoms with Gasteiger partial charge in [-0.15, -0.1) is 0 Å². The third-order valence-corrected chi connectivity index (χ3v) is 6.94. The average Bonchev–Trinajstić information content (AvgIpc) is 3.11. The van der Waals surface area contributed by atoms with Gasteiger partial charge in [0.05, 0.1) is 12.2 Å². The molecule has 2 bridgehead atoms. The Morgan fingerprint density at radius 3 is 2.88 bits per heavy atom. The first-order valence-electron chi connectivity index (χ1n) is 8.87. The number of imidazole rings is 1. The first kappa shape index (κ1) is 15.5. The second-order valence-corrected chi connectivity index (χ2v) is 8.19. The van der Waals surface area contributed by atoms with Gasteiger partial charge < -0.3 is 15.0 Å². The molecule has 2 fully saturated rings. The Kier molecular flexibility index (Phi) is 3.37. The van der Waals surface area contributed by atoms with E-state index >= 15 is 0 Å². The molecule has 2 aromatic heterocycles. The largest absolute Gasteiger partial charge is 0.335 e. The summed E-state index contributed by atoms with van der Waals surface area (Å²) in [6, 6.07) is 6.08. The van der Waals surface area contributed by atoms with Crippen LogP contribution in [-0.2, 0) is 6.54 Å². The minimum absolute atomic E-state index is 0.0818. The minimum atomic E-state index is -0.0818. The molecule has 4 rings (SSSR count). The molecule has 2 saturated carbocycles. The number of amides is 2. The molecule has 2 amide bonds. The number of hydrogen-bond acceptors (Lipinski definition) is 2. The van der Waals surface area contributed by atoms with E-state index in [0.29, 0.717) is 12.0 Å². The van der Waals surface area contributed by atoms with E-state index in [1.165, 1.54) is 12.8 Å². The Labute approximate surface area is 142 Å². The lowest BCUT2D eigenvalue weighted by Gasteiger charge is -2.39. The Morgan fingerprint density at radius 1 is 1.38 bits per heavy atom. The van der Waals surface area contributed by atoms with Crippen LogP contribution in [0.5, 0.6) is 0 Å². The van der Waals surface area contributed by atoms with Crippen molar-refractivity contribution in [2.75, 3.05) is 0 Å². The van der Waals surface area contributed by atoms with Gasteiger partial charge in [-0.05, 0) is 48.1 Å². The highest BCUT2D eigenvalue weighted by Crippen LogP contribution is 2.65. The Morgan fingerprint density at radius 2 is 2.21 bits per heavy atom. The summed E-state index contributed by atoms with van der Waals surface area (Å²) in [7, 11) is 0. The molecule has 2 N–H and O–H groups in total. The summed E-state index contributed by atoms with van der Waals surface area (Å²) in [5.74, 6) is 0.728. The Bertz CT molecular complexity index is 748. The van der Waals surface area contributed by atoms with E-state index in [1.807, 2.05) is 35.0 Å². The van der Waals surface area contributed by atoms with Crippen LogP contribution >= 0.6 is 0 Å². The van der Waals surface area contributed by atoms with Crippen molar-refractivity contribution in [3.8, 4) is 0 Å². The second kappa shape index (κ2) is 5.23. The van der Waals surface area contributed by atoms with Crippen LogP contribution in [-0.4, -0.2) is 21.5 Å². The fourth-order valence-electron chi connectivity index (χ4n) is 4.87. The van der Waals surface area contributed by atoms with Gasteiger partial charge in [0.25, 0.3) is 0 Å². The van der Waals surface area contributed by atoms with Gasteiger partial charge in [0.2, 0.25) is 0 Å². The van der Waals surface area contributed by atoms with Gasteiger partial charge in [0.15, 0.2) is 0 Å². The monoisotopic (exact) mass is 326 g/mol. The van der Waals surface area contributed by atoms with Gasteiger partial charge >= 0.3 is 6.03 Å². The van der Waals surface area contributed by atoms with Crippen molar-refractivity contribution in [2.45, 2.75) is 52.6 Å². The molecule has 0 radical (unpaired) electrons. The predicted octanol–water partition coefficient (Wildman–Crippen LogP) is 3.35. The summed E-state index contributed by atoms with van der Waals surface area (Å²) in [6.45, 7) is 7.51. The molecule has 5 heteroatoms. The van der Waals surface area contributed by atoms with Gasteiger partial charge in [0, 0.05) is 18.4 Å². The highest BCUT2D eigenvalue weighted by Gasteiger charge is 2.61. The van der Waals surface area contributed by atoms with E-state index in [4.69, 9.17) is 0 Å². The number of nitrogens with one attached hydrogen (secondary N) is 2. The van der Waals surface area contributed by atoms with Crippen LogP contribution in [0.2, 0.25) is 0 Å². The molecule has 2 aliphatic rings. The Hall–Kier alpha value is -2.04. The molecule has 0 aromatic carbocycles. The van der Waals surface area contributed by atoms with Gasteiger partial charge in [-0.3, -0.25) is 0 Å². The molecule has 0 saturated heterocycles. The molecule has 2 aliphatic carbocycles. The second-order valence-electron chi connectivity index (χ2n) is 8.19. The number of fused-ring (bicyclic) bond motifs is 3. The lowest BCUT2D eigenvalue weighted by molar-refractivity contribution is 0.123. The first-order valence-corrected chi connectivity index (χ1v) is 8.87. The lowest BCUT2D eigenvalue weighted by Crippen LogP contribution is -2.50. The molecule has 5 nitrogen and oxygen atoms in total. The predicted molar refractivity (Wildman–Crippen MR) is 93.6 cm³/mol. The zero-order valence-corrected chi connectivity index (χ0v) is 14.7. The minimum Gasteiger partial charge on any atom is -0.335 e. The van der Waals surface area contributed by atoms with E-state index < -0.39 is 0 Å². The standard InChI is InChI=1S/C19H26N4O/c1-18(2)13-7-8-19(18,3)15(10-13)22-17(24)20-11-14-12-23-9-5-4-6-16(23)21-14/h4-6,9,12-13,15H,7-8,10-11H2,1-3H3,(H2,20,22,24)/t13-,15-,19-/m0/s1. The van der Waals surface area contributed by atoms with Gasteiger partial charge in [-0.2, -0.15) is 0 Å². The van der Waals surface area contributed by atoms with Crippen molar-refractivity contribution in [3.05, 3.63) is 36.3 Å². The van der Waals surface area contributed by atoms with E-state index in [0.717, 1.165) is 23.7 Å².